The third kappa shape index (κ3) is 4.08. The zero-order chi connectivity index (χ0) is 22.8. The highest BCUT2D eigenvalue weighted by atomic mass is 32.2. The van der Waals surface area contributed by atoms with E-state index in [4.69, 9.17) is 4.98 Å². The van der Waals surface area contributed by atoms with Crippen molar-refractivity contribution in [1.82, 2.24) is 9.38 Å². The first-order chi connectivity index (χ1) is 16.1. The molecular weight excluding hydrogens is 434 g/mol. The number of pyridine rings is 1. The monoisotopic (exact) mass is 453 g/mol. The molecule has 3 heterocycles. The van der Waals surface area contributed by atoms with Crippen LogP contribution in [-0.2, 0) is 10.5 Å². The molecule has 1 aliphatic rings. The molecule has 0 saturated heterocycles. The van der Waals surface area contributed by atoms with Crippen molar-refractivity contribution >= 4 is 40.9 Å². The van der Waals surface area contributed by atoms with Crippen molar-refractivity contribution in [3.63, 3.8) is 0 Å². The summed E-state index contributed by atoms with van der Waals surface area (Å²) in [5.41, 5.74) is 4.31. The Bertz CT molecular complexity index is 1490. The van der Waals surface area contributed by atoms with Crippen LogP contribution in [0.1, 0.15) is 22.3 Å². The van der Waals surface area contributed by atoms with Crippen LogP contribution in [0.5, 0.6) is 0 Å². The van der Waals surface area contributed by atoms with Crippen LogP contribution in [0.2, 0.25) is 0 Å². The molecule has 2 aromatic carbocycles. The molecule has 0 spiro atoms. The Morgan fingerprint density at radius 3 is 2.67 bits per heavy atom. The Labute approximate surface area is 193 Å². The van der Waals surface area contributed by atoms with Gasteiger partial charge in [-0.2, -0.15) is 5.10 Å². The summed E-state index contributed by atoms with van der Waals surface area (Å²) in [6.45, 7) is 1.92. The number of aryl methyl sites for hydroxylation is 1. The second-order valence-corrected chi connectivity index (χ2v) is 8.45. The zero-order valence-corrected chi connectivity index (χ0v) is 18.5. The molecule has 0 atom stereocenters. The van der Waals surface area contributed by atoms with Gasteiger partial charge in [-0.25, -0.2) is 4.98 Å². The zero-order valence-electron chi connectivity index (χ0n) is 17.7. The maximum absolute atomic E-state index is 13.3. The fourth-order valence-electron chi connectivity index (χ4n) is 3.58. The van der Waals surface area contributed by atoms with Crippen LogP contribution in [0.3, 0.4) is 0 Å². The summed E-state index contributed by atoms with van der Waals surface area (Å²) in [4.78, 5) is 30.3. The molecule has 4 aromatic rings. The molecule has 33 heavy (non-hydrogen) atoms. The minimum atomic E-state index is -0.323. The topological polar surface area (TPSA) is 88.2 Å². The maximum Gasteiger partial charge on any atom is 0.276 e. The quantitative estimate of drug-likeness (QED) is 0.214. The van der Waals surface area contributed by atoms with E-state index in [9.17, 15) is 9.59 Å². The van der Waals surface area contributed by atoms with Crippen LogP contribution in [0.25, 0.3) is 5.65 Å². The van der Waals surface area contributed by atoms with E-state index in [-0.39, 0.29) is 17.2 Å². The SMILES string of the molecule is Cc1cccn2c(=O)c(/C=N\N=C3/C(=O)Nc4ccccc43)c(SCc3ccccc3)nc12. The van der Waals surface area contributed by atoms with Gasteiger partial charge in [0.1, 0.15) is 10.7 Å². The number of nitrogens with zero attached hydrogens (tertiary/aromatic N) is 4. The summed E-state index contributed by atoms with van der Waals surface area (Å²) in [5, 5.41) is 11.6. The molecular formula is C25H19N5O2S. The van der Waals surface area contributed by atoms with E-state index in [1.54, 1.807) is 18.3 Å². The van der Waals surface area contributed by atoms with Gasteiger partial charge in [-0.3, -0.25) is 14.0 Å². The number of para-hydroxylation sites is 1. The minimum absolute atomic E-state index is 0.213. The molecule has 0 bridgehead atoms. The molecule has 162 valence electrons. The summed E-state index contributed by atoms with van der Waals surface area (Å²) in [6, 6.07) is 21.0. The first kappa shape index (κ1) is 20.8. The Hall–Kier alpha value is -4.04. The number of hydrogen-bond acceptors (Lipinski definition) is 6. The second-order valence-electron chi connectivity index (χ2n) is 7.49. The summed E-state index contributed by atoms with van der Waals surface area (Å²) in [5.74, 6) is 0.330. The first-order valence-electron chi connectivity index (χ1n) is 10.3. The lowest BCUT2D eigenvalue weighted by molar-refractivity contribution is -0.110. The van der Waals surface area contributed by atoms with Crippen LogP contribution in [0, 0.1) is 6.92 Å². The van der Waals surface area contributed by atoms with Crippen molar-refractivity contribution in [2.24, 2.45) is 10.2 Å². The van der Waals surface area contributed by atoms with Crippen molar-refractivity contribution in [3.8, 4) is 0 Å². The number of rotatable bonds is 5. The summed E-state index contributed by atoms with van der Waals surface area (Å²) in [7, 11) is 0. The number of aromatic nitrogens is 2. The van der Waals surface area contributed by atoms with Crippen LogP contribution >= 0.6 is 11.8 Å². The normalized spacial score (nSPS) is 14.2. The van der Waals surface area contributed by atoms with Gasteiger partial charge in [0.25, 0.3) is 11.5 Å². The van der Waals surface area contributed by atoms with Gasteiger partial charge in [-0.1, -0.05) is 54.6 Å². The Morgan fingerprint density at radius 2 is 1.82 bits per heavy atom. The van der Waals surface area contributed by atoms with E-state index in [1.807, 2.05) is 61.5 Å². The summed E-state index contributed by atoms with van der Waals surface area (Å²) in [6.07, 6.45) is 3.08. The average Bonchev–Trinajstić information content (AvgIpc) is 3.15. The van der Waals surface area contributed by atoms with E-state index in [0.717, 1.165) is 11.1 Å². The molecule has 0 aliphatic carbocycles. The lowest BCUT2D eigenvalue weighted by atomic mass is 10.1. The van der Waals surface area contributed by atoms with Gasteiger partial charge in [0.15, 0.2) is 5.71 Å². The Kier molecular flexibility index (Phi) is 5.58. The fraction of sp³-hybridized carbons (Fsp3) is 0.0800. The lowest BCUT2D eigenvalue weighted by Gasteiger charge is -2.09. The molecule has 2 aromatic heterocycles. The first-order valence-corrected chi connectivity index (χ1v) is 11.3. The molecule has 0 radical (unpaired) electrons. The standard InChI is InChI=1S/C25H19N5O2S/c1-16-8-7-13-30-22(16)28-24(33-15-17-9-3-2-4-10-17)19(25(30)32)14-26-29-21-18-11-5-6-12-20(18)27-23(21)31/h2-14H,15H2,1H3,(H,27,29,31)/b26-14-. The number of hydrogen-bond donors (Lipinski definition) is 1. The van der Waals surface area contributed by atoms with Gasteiger partial charge in [0.2, 0.25) is 0 Å². The minimum Gasteiger partial charge on any atom is -0.320 e. The van der Waals surface area contributed by atoms with Crippen LogP contribution < -0.4 is 10.9 Å². The third-order valence-electron chi connectivity index (χ3n) is 5.26. The smallest absolute Gasteiger partial charge is 0.276 e. The van der Waals surface area contributed by atoms with Crippen molar-refractivity contribution in [2.45, 2.75) is 17.7 Å². The number of nitrogens with one attached hydrogen (secondary N) is 1. The molecule has 5 rings (SSSR count). The van der Waals surface area contributed by atoms with Gasteiger partial charge < -0.3 is 5.32 Å². The molecule has 8 heteroatoms. The Morgan fingerprint density at radius 1 is 1.03 bits per heavy atom. The van der Waals surface area contributed by atoms with Gasteiger partial charge in [0, 0.05) is 17.5 Å². The fourth-order valence-corrected chi connectivity index (χ4v) is 4.53. The third-order valence-corrected chi connectivity index (χ3v) is 6.32. The van der Waals surface area contributed by atoms with Crippen LogP contribution in [-0.4, -0.2) is 27.2 Å². The van der Waals surface area contributed by atoms with Gasteiger partial charge in [-0.05, 0) is 30.2 Å². The van der Waals surface area contributed by atoms with E-state index in [0.29, 0.717) is 33.2 Å². The molecule has 1 N–H and O–H groups in total. The summed E-state index contributed by atoms with van der Waals surface area (Å²) < 4.78 is 1.51. The number of carbonyl (C=O) groups excluding carboxylic acids is 1. The number of anilines is 1. The van der Waals surface area contributed by atoms with Gasteiger partial charge in [0.05, 0.1) is 17.5 Å². The largest absolute Gasteiger partial charge is 0.320 e. The maximum atomic E-state index is 13.3. The van der Waals surface area contributed by atoms with Crippen molar-refractivity contribution in [2.75, 3.05) is 5.32 Å². The molecule has 0 saturated carbocycles. The van der Waals surface area contributed by atoms with Crippen molar-refractivity contribution in [3.05, 3.63) is 106 Å². The van der Waals surface area contributed by atoms with Crippen LogP contribution in [0.4, 0.5) is 5.69 Å². The predicted molar refractivity (Wildman–Crippen MR) is 131 cm³/mol. The van der Waals surface area contributed by atoms with Crippen molar-refractivity contribution in [1.29, 1.82) is 0 Å². The van der Waals surface area contributed by atoms with E-state index in [1.165, 1.54) is 22.4 Å². The summed E-state index contributed by atoms with van der Waals surface area (Å²) >= 11 is 1.47. The number of thioether (sulfide) groups is 1. The second kappa shape index (κ2) is 8.84. The highest BCUT2D eigenvalue weighted by Gasteiger charge is 2.25. The van der Waals surface area contributed by atoms with Gasteiger partial charge >= 0.3 is 0 Å². The molecule has 0 fully saturated rings. The number of benzene rings is 2. The van der Waals surface area contributed by atoms with E-state index < -0.39 is 0 Å². The predicted octanol–water partition coefficient (Wildman–Crippen LogP) is 4.07. The molecule has 1 aliphatic heterocycles. The van der Waals surface area contributed by atoms with Crippen molar-refractivity contribution < 1.29 is 4.79 Å². The van der Waals surface area contributed by atoms with E-state index in [2.05, 4.69) is 15.5 Å². The van der Waals surface area contributed by atoms with Crippen LogP contribution in [0.15, 0.2) is 93.0 Å². The highest BCUT2D eigenvalue weighted by Crippen LogP contribution is 2.24. The molecule has 0 unspecified atom stereocenters. The number of fused-ring (bicyclic) bond motifs is 2. The molecule has 1 amide bonds. The lowest BCUT2D eigenvalue weighted by Crippen LogP contribution is -2.21. The molecule has 7 nitrogen and oxygen atoms in total. The average molecular weight is 454 g/mol. The highest BCUT2D eigenvalue weighted by molar-refractivity contribution is 7.98. The Balaban J connectivity index is 1.55. The van der Waals surface area contributed by atoms with Gasteiger partial charge in [-0.15, -0.1) is 16.9 Å². The number of carbonyl (C=O) groups is 1. The number of amides is 1. The van der Waals surface area contributed by atoms with E-state index >= 15 is 0 Å².